The van der Waals surface area contributed by atoms with Crippen LogP contribution in [0.25, 0.3) is 10.2 Å². The minimum Gasteiger partial charge on any atom is -0.383 e. The van der Waals surface area contributed by atoms with Gasteiger partial charge in [-0.25, -0.2) is 0 Å². The molecule has 0 atom stereocenters. The molecule has 2 rings (SSSR count). The van der Waals surface area contributed by atoms with Gasteiger partial charge >= 0.3 is 0 Å². The first-order chi connectivity index (χ1) is 10.0. The number of carbonyl (C=O) groups excluding carboxylic acids is 1. The zero-order valence-electron chi connectivity index (χ0n) is 12.4. The number of benzene rings is 1. The van der Waals surface area contributed by atoms with E-state index in [2.05, 4.69) is 4.99 Å². The Morgan fingerprint density at radius 2 is 2.24 bits per heavy atom. The number of rotatable bonds is 5. The third-order valence-corrected chi connectivity index (χ3v) is 4.24. The maximum Gasteiger partial charge on any atom is 0.248 e. The summed E-state index contributed by atoms with van der Waals surface area (Å²) in [6.45, 7) is 5.25. The van der Waals surface area contributed by atoms with E-state index in [-0.39, 0.29) is 5.91 Å². The van der Waals surface area contributed by atoms with Crippen LogP contribution in [-0.4, -0.2) is 24.2 Å². The van der Waals surface area contributed by atoms with Gasteiger partial charge < -0.3 is 9.30 Å². The molecule has 0 fully saturated rings. The molecule has 1 aromatic heterocycles. The molecule has 1 heterocycles. The molecule has 21 heavy (non-hydrogen) atoms. The van der Waals surface area contributed by atoms with Gasteiger partial charge in [0.2, 0.25) is 5.91 Å². The molecule has 0 N–H and O–H groups in total. The van der Waals surface area contributed by atoms with E-state index in [9.17, 15) is 4.79 Å². The Hall–Kier alpha value is -1.17. The Balaban J connectivity index is 2.50. The molecule has 1 amide bonds. The summed E-state index contributed by atoms with van der Waals surface area (Å²) < 4.78 is 8.18. The van der Waals surface area contributed by atoms with Crippen LogP contribution in [0.5, 0.6) is 0 Å². The van der Waals surface area contributed by atoms with Crippen LogP contribution >= 0.6 is 22.9 Å². The van der Waals surface area contributed by atoms with Crippen molar-refractivity contribution in [3.05, 3.63) is 28.0 Å². The summed E-state index contributed by atoms with van der Waals surface area (Å²) in [4.78, 5) is 16.9. The van der Waals surface area contributed by atoms with E-state index in [1.54, 1.807) is 7.11 Å². The second kappa shape index (κ2) is 7.20. The number of hydrogen-bond donors (Lipinski definition) is 0. The molecule has 4 nitrogen and oxygen atoms in total. The molecular weight excluding hydrogens is 308 g/mol. The Bertz CT molecular complexity index is 703. The summed E-state index contributed by atoms with van der Waals surface area (Å²) in [7, 11) is 1.66. The predicted octanol–water partition coefficient (Wildman–Crippen LogP) is 3.48. The average molecular weight is 327 g/mol. The second-order valence-corrected chi connectivity index (χ2v) is 6.69. The fourth-order valence-electron chi connectivity index (χ4n) is 2.03. The minimum absolute atomic E-state index is 0.0891. The Morgan fingerprint density at radius 3 is 2.90 bits per heavy atom. The molecule has 0 spiro atoms. The van der Waals surface area contributed by atoms with Gasteiger partial charge in [0.1, 0.15) is 0 Å². The van der Waals surface area contributed by atoms with Gasteiger partial charge in [0.25, 0.3) is 0 Å². The molecular formula is C15H19ClN2O2S. The van der Waals surface area contributed by atoms with Crippen molar-refractivity contribution in [2.24, 2.45) is 10.9 Å². The smallest absolute Gasteiger partial charge is 0.248 e. The monoisotopic (exact) mass is 326 g/mol. The highest BCUT2D eigenvalue weighted by Gasteiger charge is 2.09. The number of amides is 1. The molecule has 0 saturated carbocycles. The normalized spacial score (nSPS) is 12.5. The number of aromatic nitrogens is 1. The summed E-state index contributed by atoms with van der Waals surface area (Å²) in [6.07, 6.45) is 0.458. The number of nitrogens with zero attached hydrogens (tertiary/aromatic N) is 2. The van der Waals surface area contributed by atoms with E-state index in [4.69, 9.17) is 16.3 Å². The summed E-state index contributed by atoms with van der Waals surface area (Å²) in [5.41, 5.74) is 1.03. The lowest BCUT2D eigenvalue weighted by Gasteiger charge is -2.04. The first-order valence-electron chi connectivity index (χ1n) is 6.86. The van der Waals surface area contributed by atoms with Crippen LogP contribution in [0.2, 0.25) is 5.02 Å². The predicted molar refractivity (Wildman–Crippen MR) is 86.7 cm³/mol. The third kappa shape index (κ3) is 4.15. The van der Waals surface area contributed by atoms with Crippen LogP contribution in [0.3, 0.4) is 0 Å². The van der Waals surface area contributed by atoms with Crippen molar-refractivity contribution >= 4 is 39.1 Å². The van der Waals surface area contributed by atoms with Crippen molar-refractivity contribution in [1.82, 2.24) is 4.57 Å². The van der Waals surface area contributed by atoms with Crippen LogP contribution in [0.1, 0.15) is 20.3 Å². The quantitative estimate of drug-likeness (QED) is 0.844. The van der Waals surface area contributed by atoms with Crippen molar-refractivity contribution in [3.8, 4) is 0 Å². The van der Waals surface area contributed by atoms with Gasteiger partial charge in [-0.1, -0.05) is 36.8 Å². The molecule has 0 radical (unpaired) electrons. The van der Waals surface area contributed by atoms with E-state index >= 15 is 0 Å². The minimum atomic E-state index is -0.0891. The lowest BCUT2D eigenvalue weighted by atomic mass is 10.1. The highest BCUT2D eigenvalue weighted by molar-refractivity contribution is 7.16. The fraction of sp³-hybridized carbons (Fsp3) is 0.467. The number of carbonyl (C=O) groups is 1. The highest BCUT2D eigenvalue weighted by Crippen LogP contribution is 2.21. The summed E-state index contributed by atoms with van der Waals surface area (Å²) in [6, 6.07) is 5.70. The van der Waals surface area contributed by atoms with E-state index in [0.717, 1.165) is 10.2 Å². The fourth-order valence-corrected chi connectivity index (χ4v) is 3.38. The number of thiazole rings is 1. The third-order valence-electron chi connectivity index (χ3n) is 2.97. The molecule has 0 aliphatic heterocycles. The second-order valence-electron chi connectivity index (χ2n) is 5.24. The average Bonchev–Trinajstić information content (AvgIpc) is 2.71. The van der Waals surface area contributed by atoms with Crippen molar-refractivity contribution in [1.29, 1.82) is 0 Å². The number of ether oxygens (including phenoxy) is 1. The van der Waals surface area contributed by atoms with Crippen LogP contribution in [0, 0.1) is 5.92 Å². The highest BCUT2D eigenvalue weighted by atomic mass is 35.5. The summed E-state index contributed by atoms with van der Waals surface area (Å²) in [5, 5.41) is 0.683. The summed E-state index contributed by atoms with van der Waals surface area (Å²) in [5.74, 6) is 0.214. The summed E-state index contributed by atoms with van der Waals surface area (Å²) >= 11 is 7.51. The molecule has 0 aliphatic carbocycles. The van der Waals surface area contributed by atoms with Crippen molar-refractivity contribution in [2.45, 2.75) is 26.8 Å². The molecule has 0 bridgehead atoms. The number of hydrogen-bond acceptors (Lipinski definition) is 3. The van der Waals surface area contributed by atoms with Crippen LogP contribution in [-0.2, 0) is 16.1 Å². The molecule has 6 heteroatoms. The van der Waals surface area contributed by atoms with Crippen molar-refractivity contribution < 1.29 is 9.53 Å². The first-order valence-corrected chi connectivity index (χ1v) is 8.06. The Kier molecular flexibility index (Phi) is 5.56. The molecule has 0 unspecified atom stereocenters. The Morgan fingerprint density at radius 1 is 1.48 bits per heavy atom. The van der Waals surface area contributed by atoms with Gasteiger partial charge in [-0.05, 0) is 24.1 Å². The standard InChI is InChI=1S/C15H19ClN2O2S/c1-10(2)8-14(19)17-15-18(6-7-20-3)12-5-4-11(16)9-13(12)21-15/h4-5,9-10H,6-8H2,1-3H3. The SMILES string of the molecule is COCCn1c(=NC(=O)CC(C)C)sc2cc(Cl)ccc21. The van der Waals surface area contributed by atoms with E-state index in [1.807, 2.05) is 36.6 Å². The maximum absolute atomic E-state index is 12.0. The molecule has 114 valence electrons. The van der Waals surface area contributed by atoms with Crippen LogP contribution < -0.4 is 4.80 Å². The van der Waals surface area contributed by atoms with Crippen LogP contribution in [0.4, 0.5) is 0 Å². The zero-order valence-corrected chi connectivity index (χ0v) is 14.0. The molecule has 2 aromatic rings. The van der Waals surface area contributed by atoms with Gasteiger partial charge in [-0.15, -0.1) is 0 Å². The van der Waals surface area contributed by atoms with Gasteiger partial charge in [0.05, 0.1) is 16.8 Å². The van der Waals surface area contributed by atoms with E-state index in [1.165, 1.54) is 11.3 Å². The lowest BCUT2D eigenvalue weighted by molar-refractivity contribution is -0.118. The van der Waals surface area contributed by atoms with Gasteiger partial charge in [0.15, 0.2) is 4.80 Å². The zero-order chi connectivity index (χ0) is 15.4. The van der Waals surface area contributed by atoms with Gasteiger partial charge in [-0.2, -0.15) is 4.99 Å². The van der Waals surface area contributed by atoms with E-state index in [0.29, 0.717) is 35.3 Å². The lowest BCUT2D eigenvalue weighted by Crippen LogP contribution is -2.19. The van der Waals surface area contributed by atoms with Gasteiger partial charge in [0, 0.05) is 25.1 Å². The van der Waals surface area contributed by atoms with Crippen molar-refractivity contribution in [2.75, 3.05) is 13.7 Å². The van der Waals surface area contributed by atoms with Crippen molar-refractivity contribution in [3.63, 3.8) is 0 Å². The maximum atomic E-state index is 12.0. The number of fused-ring (bicyclic) bond motifs is 1. The molecule has 0 saturated heterocycles. The van der Waals surface area contributed by atoms with Crippen LogP contribution in [0.15, 0.2) is 23.2 Å². The van der Waals surface area contributed by atoms with Gasteiger partial charge in [-0.3, -0.25) is 4.79 Å². The van der Waals surface area contributed by atoms with E-state index < -0.39 is 0 Å². The number of methoxy groups -OCH3 is 1. The largest absolute Gasteiger partial charge is 0.383 e. The molecule has 0 aliphatic rings. The molecule has 1 aromatic carbocycles. The first kappa shape index (κ1) is 16.2. The Labute approximate surface area is 133 Å². The topological polar surface area (TPSA) is 43.6 Å². The number of halogens is 1.